The van der Waals surface area contributed by atoms with E-state index in [9.17, 15) is 14.7 Å². The second-order valence-corrected chi connectivity index (χ2v) is 8.16. The molecule has 31 heavy (non-hydrogen) atoms. The zero-order valence-electron chi connectivity index (χ0n) is 18.8. The number of likely N-dealkylation sites (tertiary alicyclic amines) is 1. The van der Waals surface area contributed by atoms with Gasteiger partial charge < -0.3 is 14.9 Å². The number of ketones is 1. The normalized spacial score (nSPS) is 18.2. The Hall–Kier alpha value is -2.99. The summed E-state index contributed by atoms with van der Waals surface area (Å²) in [6, 6.07) is 8.71. The van der Waals surface area contributed by atoms with Gasteiger partial charge in [-0.1, -0.05) is 23.8 Å². The van der Waals surface area contributed by atoms with E-state index in [4.69, 9.17) is 0 Å². The molecule has 6 heteroatoms. The van der Waals surface area contributed by atoms with E-state index >= 15 is 0 Å². The van der Waals surface area contributed by atoms with Gasteiger partial charge in [0.25, 0.3) is 11.7 Å². The van der Waals surface area contributed by atoms with Crippen LogP contribution < -0.4 is 4.90 Å². The molecular formula is C25H32N3O3+. The molecular weight excluding hydrogens is 390 g/mol. The number of carbonyl (C=O) groups is 2. The van der Waals surface area contributed by atoms with Gasteiger partial charge >= 0.3 is 0 Å². The number of pyridine rings is 1. The number of nitrogens with one attached hydrogen (secondary N) is 1. The van der Waals surface area contributed by atoms with Crippen molar-refractivity contribution in [3.8, 4) is 0 Å². The molecule has 0 bridgehead atoms. The Morgan fingerprint density at radius 2 is 1.90 bits per heavy atom. The minimum Gasteiger partial charge on any atom is -0.507 e. The molecule has 1 saturated heterocycles. The van der Waals surface area contributed by atoms with Crippen LogP contribution in [0.15, 0.2) is 48.3 Å². The number of carbonyl (C=O) groups excluding carboxylic acids is 2. The Balaban J connectivity index is 2.04. The summed E-state index contributed by atoms with van der Waals surface area (Å²) < 4.78 is 0. The molecule has 6 nitrogen and oxygen atoms in total. The first-order chi connectivity index (χ1) is 14.9. The molecule has 1 fully saturated rings. The smallest absolute Gasteiger partial charge is 0.295 e. The molecule has 1 atom stereocenters. The molecule has 1 aromatic carbocycles. The van der Waals surface area contributed by atoms with Crippen molar-refractivity contribution in [3.63, 3.8) is 0 Å². The lowest BCUT2D eigenvalue weighted by atomic mass is 9.94. The maximum Gasteiger partial charge on any atom is 0.295 e. The number of aliphatic hydroxyl groups is 1. The lowest BCUT2D eigenvalue weighted by Gasteiger charge is -2.26. The van der Waals surface area contributed by atoms with Crippen LogP contribution in [0.3, 0.4) is 0 Å². The predicted octanol–water partition coefficient (Wildman–Crippen LogP) is 2.43. The van der Waals surface area contributed by atoms with Gasteiger partial charge in [-0.15, -0.1) is 0 Å². The monoisotopic (exact) mass is 422 g/mol. The van der Waals surface area contributed by atoms with Gasteiger partial charge in [0.2, 0.25) is 0 Å². The molecule has 0 unspecified atom stereocenters. The van der Waals surface area contributed by atoms with Crippen LogP contribution in [-0.4, -0.2) is 52.9 Å². The number of aryl methyl sites for hydroxylation is 2. The fraction of sp³-hybridized carbons (Fsp3) is 0.400. The van der Waals surface area contributed by atoms with E-state index < -0.39 is 17.7 Å². The predicted molar refractivity (Wildman–Crippen MR) is 121 cm³/mol. The fourth-order valence-electron chi connectivity index (χ4n) is 4.23. The Kier molecular flexibility index (Phi) is 7.23. The van der Waals surface area contributed by atoms with E-state index in [0.717, 1.165) is 42.7 Å². The summed E-state index contributed by atoms with van der Waals surface area (Å²) in [6.45, 7) is 11.5. The van der Waals surface area contributed by atoms with Crippen LogP contribution in [0.4, 0.5) is 0 Å². The molecule has 164 valence electrons. The number of hydrogen-bond donors (Lipinski definition) is 2. The van der Waals surface area contributed by atoms with E-state index in [0.29, 0.717) is 12.1 Å². The van der Waals surface area contributed by atoms with Crippen LogP contribution >= 0.6 is 0 Å². The first-order valence-corrected chi connectivity index (χ1v) is 11.0. The lowest BCUT2D eigenvalue weighted by molar-refractivity contribution is -0.896. The quantitative estimate of drug-likeness (QED) is 0.389. The summed E-state index contributed by atoms with van der Waals surface area (Å²) in [5.41, 5.74) is 3.27. The number of aromatic nitrogens is 1. The maximum absolute atomic E-state index is 13.1. The number of Topliss-reactive ketones (excluding diaryl/α,β-unsaturated/α-hetero) is 1. The molecule has 3 rings (SSSR count). The average molecular weight is 423 g/mol. The first-order valence-electron chi connectivity index (χ1n) is 11.0. The molecule has 0 saturated carbocycles. The van der Waals surface area contributed by atoms with Crippen molar-refractivity contribution in [3.05, 3.63) is 70.6 Å². The molecule has 1 aliphatic heterocycles. The largest absolute Gasteiger partial charge is 0.507 e. The maximum atomic E-state index is 13.1. The van der Waals surface area contributed by atoms with Crippen molar-refractivity contribution in [1.29, 1.82) is 0 Å². The summed E-state index contributed by atoms with van der Waals surface area (Å²) in [5.74, 6) is -1.32. The van der Waals surface area contributed by atoms with Crippen LogP contribution in [0.1, 0.15) is 48.6 Å². The average Bonchev–Trinajstić information content (AvgIpc) is 3.03. The summed E-state index contributed by atoms with van der Waals surface area (Å²) >= 11 is 0. The standard InChI is InChI=1S/C25H31N3O3/c1-5-27(6-2)13-8-14-28-22(19-9-7-12-26-16-19)21(24(30)25(28)31)23(29)20-15-17(3)10-11-18(20)4/h7,9-12,15-16,22,29H,5-6,8,13-14H2,1-4H3/p+1/t22-/m0/s1. The van der Waals surface area contributed by atoms with E-state index in [1.54, 1.807) is 23.4 Å². The number of rotatable bonds is 8. The zero-order chi connectivity index (χ0) is 22.5. The fourth-order valence-corrected chi connectivity index (χ4v) is 4.23. The number of quaternary nitrogens is 1. The van der Waals surface area contributed by atoms with E-state index in [-0.39, 0.29) is 11.3 Å². The van der Waals surface area contributed by atoms with Gasteiger partial charge in [0, 0.05) is 30.9 Å². The third-order valence-electron chi connectivity index (χ3n) is 6.12. The van der Waals surface area contributed by atoms with Gasteiger partial charge in [0.1, 0.15) is 5.76 Å². The number of amides is 1. The van der Waals surface area contributed by atoms with Crippen molar-refractivity contribution in [2.45, 2.75) is 40.2 Å². The Bertz CT molecular complexity index is 981. The van der Waals surface area contributed by atoms with Crippen LogP contribution in [0, 0.1) is 13.8 Å². The summed E-state index contributed by atoms with van der Waals surface area (Å²) in [5, 5.41) is 11.2. The first kappa shape index (κ1) is 22.7. The Morgan fingerprint density at radius 3 is 2.55 bits per heavy atom. The van der Waals surface area contributed by atoms with Crippen LogP contribution in [-0.2, 0) is 9.59 Å². The summed E-state index contributed by atoms with van der Waals surface area (Å²) in [6.07, 6.45) is 4.10. The van der Waals surface area contributed by atoms with E-state index in [1.807, 2.05) is 38.1 Å². The van der Waals surface area contributed by atoms with Crippen molar-refractivity contribution in [1.82, 2.24) is 9.88 Å². The SMILES string of the molecule is CC[NH+](CC)CCCN1C(=O)C(=O)C(=C(O)c2cc(C)ccc2C)[C@@H]1c1cccnc1. The molecule has 1 aromatic heterocycles. The van der Waals surface area contributed by atoms with Gasteiger partial charge in [-0.2, -0.15) is 0 Å². The third-order valence-corrected chi connectivity index (χ3v) is 6.12. The number of nitrogens with zero attached hydrogens (tertiary/aromatic N) is 2. The topological polar surface area (TPSA) is 74.9 Å². The third kappa shape index (κ3) is 4.69. The van der Waals surface area contributed by atoms with Crippen molar-refractivity contribution in [2.75, 3.05) is 26.2 Å². The van der Waals surface area contributed by atoms with Crippen LogP contribution in [0.5, 0.6) is 0 Å². The molecule has 1 aliphatic rings. The van der Waals surface area contributed by atoms with Crippen LogP contribution in [0.25, 0.3) is 5.76 Å². The molecule has 0 radical (unpaired) electrons. The van der Waals surface area contributed by atoms with Gasteiger partial charge in [-0.3, -0.25) is 14.6 Å². The Labute approximate surface area is 184 Å². The molecule has 0 spiro atoms. The number of benzene rings is 1. The summed E-state index contributed by atoms with van der Waals surface area (Å²) in [7, 11) is 0. The van der Waals surface area contributed by atoms with Gasteiger partial charge in [-0.05, 0) is 51.0 Å². The highest BCUT2D eigenvalue weighted by Crippen LogP contribution is 2.39. The Morgan fingerprint density at radius 1 is 1.16 bits per heavy atom. The van der Waals surface area contributed by atoms with Crippen LogP contribution in [0.2, 0.25) is 0 Å². The van der Waals surface area contributed by atoms with Crippen molar-refractivity contribution < 1.29 is 19.6 Å². The van der Waals surface area contributed by atoms with Crippen molar-refractivity contribution >= 4 is 17.4 Å². The molecule has 2 aromatic rings. The van der Waals surface area contributed by atoms with E-state index in [1.165, 1.54) is 4.90 Å². The molecule has 0 aliphatic carbocycles. The number of aliphatic hydroxyl groups excluding tert-OH is 1. The minimum atomic E-state index is -0.639. The summed E-state index contributed by atoms with van der Waals surface area (Å²) in [4.78, 5) is 33.3. The lowest BCUT2D eigenvalue weighted by Crippen LogP contribution is -3.11. The van der Waals surface area contributed by atoms with Crippen molar-refractivity contribution in [2.24, 2.45) is 0 Å². The minimum absolute atomic E-state index is 0.120. The van der Waals surface area contributed by atoms with Gasteiger partial charge in [-0.25, -0.2) is 0 Å². The second-order valence-electron chi connectivity index (χ2n) is 8.16. The highest BCUT2D eigenvalue weighted by Gasteiger charge is 2.46. The highest BCUT2D eigenvalue weighted by atomic mass is 16.3. The second kappa shape index (κ2) is 9.88. The molecule has 2 heterocycles. The van der Waals surface area contributed by atoms with Gasteiger partial charge in [0.15, 0.2) is 0 Å². The zero-order valence-corrected chi connectivity index (χ0v) is 18.8. The molecule has 2 N–H and O–H groups in total. The van der Waals surface area contributed by atoms with E-state index in [2.05, 4.69) is 18.8 Å². The number of hydrogen-bond acceptors (Lipinski definition) is 4. The van der Waals surface area contributed by atoms with Gasteiger partial charge in [0.05, 0.1) is 31.2 Å². The molecule has 1 amide bonds. The highest BCUT2D eigenvalue weighted by molar-refractivity contribution is 6.46.